The molecule has 0 aliphatic carbocycles. The molecule has 2 aromatic rings. The molecule has 4 heteroatoms. The lowest BCUT2D eigenvalue weighted by atomic mass is 9.85. The van der Waals surface area contributed by atoms with Gasteiger partial charge in [-0.15, -0.1) is 0 Å². The van der Waals surface area contributed by atoms with E-state index in [0.717, 1.165) is 22.3 Å². The monoisotopic (exact) mass is 334 g/mol. The standard InChI is InChI=1S/C21H22N2O2/c1-13-14(2)16(4)20(10-22-11-24)19(15(13)3)9-18-7-6-8-21(17(18)5)23-12-25/h6-8H,9-10H2,1-5H3. The van der Waals surface area contributed by atoms with Gasteiger partial charge in [-0.25, -0.2) is 14.6 Å². The van der Waals surface area contributed by atoms with Gasteiger partial charge in [0.05, 0.1) is 12.2 Å². The molecule has 0 spiro atoms. The molecule has 2 rings (SSSR count). The van der Waals surface area contributed by atoms with Gasteiger partial charge in [0, 0.05) is 0 Å². The molecule has 0 aliphatic rings. The summed E-state index contributed by atoms with van der Waals surface area (Å²) in [7, 11) is 0. The first-order valence-corrected chi connectivity index (χ1v) is 8.20. The molecular weight excluding hydrogens is 312 g/mol. The normalized spacial score (nSPS) is 10.1. The van der Waals surface area contributed by atoms with Crippen molar-refractivity contribution in [2.75, 3.05) is 0 Å². The van der Waals surface area contributed by atoms with E-state index < -0.39 is 0 Å². The molecule has 0 aromatic heterocycles. The highest BCUT2D eigenvalue weighted by atomic mass is 16.1. The summed E-state index contributed by atoms with van der Waals surface area (Å²) >= 11 is 0. The molecular formula is C21H22N2O2. The molecule has 2 aromatic carbocycles. The highest BCUT2D eigenvalue weighted by Gasteiger charge is 2.16. The van der Waals surface area contributed by atoms with Crippen LogP contribution >= 0.6 is 0 Å². The van der Waals surface area contributed by atoms with Crippen LogP contribution in [0.25, 0.3) is 0 Å². The molecule has 0 unspecified atom stereocenters. The number of isocyanates is 2. The Balaban J connectivity index is 2.65. The predicted octanol–water partition coefficient (Wildman–Crippen LogP) is 4.62. The van der Waals surface area contributed by atoms with Gasteiger partial charge < -0.3 is 0 Å². The van der Waals surface area contributed by atoms with E-state index in [-0.39, 0.29) is 0 Å². The average molecular weight is 334 g/mol. The van der Waals surface area contributed by atoms with Gasteiger partial charge in [0.2, 0.25) is 12.2 Å². The van der Waals surface area contributed by atoms with Crippen molar-refractivity contribution in [2.45, 2.75) is 47.6 Å². The minimum absolute atomic E-state index is 0.331. The van der Waals surface area contributed by atoms with Crippen molar-refractivity contribution < 1.29 is 9.59 Å². The van der Waals surface area contributed by atoms with Gasteiger partial charge in [-0.3, -0.25) is 0 Å². The maximum absolute atomic E-state index is 10.6. The maximum atomic E-state index is 10.6. The summed E-state index contributed by atoms with van der Waals surface area (Å²) in [5.74, 6) is 0. The second-order valence-electron chi connectivity index (χ2n) is 6.31. The smallest absolute Gasteiger partial charge is 0.211 e. The van der Waals surface area contributed by atoms with Crippen molar-refractivity contribution in [3.63, 3.8) is 0 Å². The number of hydrogen-bond acceptors (Lipinski definition) is 4. The summed E-state index contributed by atoms with van der Waals surface area (Å²) in [4.78, 5) is 28.8. The van der Waals surface area contributed by atoms with Crippen LogP contribution in [0.15, 0.2) is 28.2 Å². The van der Waals surface area contributed by atoms with Crippen molar-refractivity contribution in [3.05, 3.63) is 62.7 Å². The van der Waals surface area contributed by atoms with Crippen molar-refractivity contribution >= 4 is 17.8 Å². The number of aliphatic imine (C=N–C) groups is 2. The Morgan fingerprint density at radius 2 is 1.44 bits per heavy atom. The summed E-state index contributed by atoms with van der Waals surface area (Å²) in [5, 5.41) is 0. The molecule has 0 saturated carbocycles. The molecule has 0 heterocycles. The van der Waals surface area contributed by atoms with E-state index in [0.29, 0.717) is 18.7 Å². The van der Waals surface area contributed by atoms with Crippen LogP contribution in [0.1, 0.15) is 44.5 Å². The lowest BCUT2D eigenvalue weighted by Crippen LogP contribution is -2.07. The number of carbonyl (C=O) groups excluding carboxylic acids is 2. The van der Waals surface area contributed by atoms with Crippen LogP contribution in [0.3, 0.4) is 0 Å². The Morgan fingerprint density at radius 1 is 0.800 bits per heavy atom. The molecule has 0 saturated heterocycles. The second kappa shape index (κ2) is 7.85. The third-order valence-electron chi connectivity index (χ3n) is 5.21. The van der Waals surface area contributed by atoms with Gasteiger partial charge >= 0.3 is 0 Å². The zero-order valence-electron chi connectivity index (χ0n) is 15.4. The average Bonchev–Trinajstić information content (AvgIpc) is 2.60. The first-order valence-electron chi connectivity index (χ1n) is 8.20. The van der Waals surface area contributed by atoms with Gasteiger partial charge in [-0.2, -0.15) is 4.99 Å². The second-order valence-corrected chi connectivity index (χ2v) is 6.31. The van der Waals surface area contributed by atoms with Crippen LogP contribution < -0.4 is 0 Å². The summed E-state index contributed by atoms with van der Waals surface area (Å²) in [6.07, 6.45) is 3.95. The van der Waals surface area contributed by atoms with Gasteiger partial charge in [0.1, 0.15) is 0 Å². The highest BCUT2D eigenvalue weighted by molar-refractivity contribution is 5.58. The van der Waals surface area contributed by atoms with Crippen LogP contribution in [-0.2, 0) is 22.6 Å². The molecule has 0 aliphatic heterocycles. The van der Waals surface area contributed by atoms with Gasteiger partial charge in [-0.1, -0.05) is 12.1 Å². The number of benzene rings is 2. The third-order valence-corrected chi connectivity index (χ3v) is 5.21. The van der Waals surface area contributed by atoms with E-state index in [4.69, 9.17) is 0 Å². The molecule has 0 N–H and O–H groups in total. The fraction of sp³-hybridized carbons (Fsp3) is 0.333. The maximum Gasteiger partial charge on any atom is 0.240 e. The number of nitrogens with zero attached hydrogens (tertiary/aromatic N) is 2. The molecule has 4 nitrogen and oxygen atoms in total. The Hall–Kier alpha value is -2.80. The van der Waals surface area contributed by atoms with Crippen molar-refractivity contribution in [1.29, 1.82) is 0 Å². The minimum atomic E-state index is 0.331. The van der Waals surface area contributed by atoms with Crippen molar-refractivity contribution in [2.24, 2.45) is 9.98 Å². The Morgan fingerprint density at radius 3 is 2.04 bits per heavy atom. The highest BCUT2D eigenvalue weighted by Crippen LogP contribution is 2.31. The minimum Gasteiger partial charge on any atom is -0.211 e. The number of hydrogen-bond donors (Lipinski definition) is 0. The van der Waals surface area contributed by atoms with Crippen molar-refractivity contribution in [1.82, 2.24) is 0 Å². The number of rotatable bonds is 5. The fourth-order valence-electron chi connectivity index (χ4n) is 3.25. The molecule has 25 heavy (non-hydrogen) atoms. The summed E-state index contributed by atoms with van der Waals surface area (Å²) in [5.41, 5.74) is 9.81. The van der Waals surface area contributed by atoms with Crippen molar-refractivity contribution in [3.8, 4) is 0 Å². The van der Waals surface area contributed by atoms with E-state index in [1.165, 1.54) is 22.3 Å². The van der Waals surface area contributed by atoms with Crippen LogP contribution in [0.4, 0.5) is 5.69 Å². The van der Waals surface area contributed by atoms with Crippen LogP contribution in [0.2, 0.25) is 0 Å². The van der Waals surface area contributed by atoms with E-state index >= 15 is 0 Å². The molecule has 0 bridgehead atoms. The van der Waals surface area contributed by atoms with E-state index in [9.17, 15) is 9.59 Å². The summed E-state index contributed by atoms with van der Waals surface area (Å²) < 4.78 is 0. The molecule has 128 valence electrons. The van der Waals surface area contributed by atoms with Gasteiger partial charge in [0.25, 0.3) is 0 Å². The van der Waals surface area contributed by atoms with Gasteiger partial charge in [0.15, 0.2) is 0 Å². The van der Waals surface area contributed by atoms with E-state index in [1.807, 2.05) is 19.1 Å². The van der Waals surface area contributed by atoms with E-state index in [1.54, 1.807) is 18.2 Å². The Labute approximate surface area is 148 Å². The molecule has 0 amide bonds. The topological polar surface area (TPSA) is 58.9 Å². The molecule has 0 radical (unpaired) electrons. The fourth-order valence-corrected chi connectivity index (χ4v) is 3.25. The summed E-state index contributed by atoms with van der Waals surface area (Å²) in [6.45, 7) is 10.7. The summed E-state index contributed by atoms with van der Waals surface area (Å²) in [6, 6.07) is 5.74. The first-order chi connectivity index (χ1) is 11.9. The predicted molar refractivity (Wildman–Crippen MR) is 99.0 cm³/mol. The molecule has 0 fully saturated rings. The van der Waals surface area contributed by atoms with Crippen LogP contribution in [-0.4, -0.2) is 12.2 Å². The molecule has 0 atom stereocenters. The zero-order chi connectivity index (χ0) is 18.6. The van der Waals surface area contributed by atoms with Gasteiger partial charge in [-0.05, 0) is 91.6 Å². The SMILES string of the molecule is Cc1c(Cc2c(C)c(C)c(C)c(C)c2CN=C=O)cccc1N=C=O. The quantitative estimate of drug-likeness (QED) is 0.591. The largest absolute Gasteiger partial charge is 0.240 e. The van der Waals surface area contributed by atoms with Crippen LogP contribution in [0, 0.1) is 34.6 Å². The lowest BCUT2D eigenvalue weighted by Gasteiger charge is -2.20. The first kappa shape index (κ1) is 18.5. The lowest BCUT2D eigenvalue weighted by molar-refractivity contribution is 0.562. The van der Waals surface area contributed by atoms with Crippen LogP contribution in [0.5, 0.6) is 0 Å². The Bertz CT molecular complexity index is 916. The van der Waals surface area contributed by atoms with E-state index in [2.05, 4.69) is 37.7 Å². The Kier molecular flexibility index (Phi) is 5.82. The third kappa shape index (κ3) is 3.66. The zero-order valence-corrected chi connectivity index (χ0v) is 15.4.